The molecule has 4 bridgehead atoms. The molecule has 4 rings (SSSR count). The molecule has 0 aromatic heterocycles. The molecule has 0 spiro atoms. The molecule has 0 aromatic rings. The molecule has 1 aliphatic carbocycles. The molecule has 26 heavy (non-hydrogen) atoms. The summed E-state index contributed by atoms with van der Waals surface area (Å²) >= 11 is 0. The SMILES string of the molecule is COCOC[C@]1(O)CC[C@]2(OC(C)=O)O[C@@H]3C[C@@]1(C)[C@H]2[C@H](OC(C)=O)O3. The lowest BCUT2D eigenvalue weighted by Crippen LogP contribution is -2.76. The molecule has 1 N–H and O–H groups in total. The van der Waals surface area contributed by atoms with Crippen molar-refractivity contribution >= 4 is 11.9 Å². The summed E-state index contributed by atoms with van der Waals surface area (Å²) in [7, 11) is 1.50. The minimum Gasteiger partial charge on any atom is -0.435 e. The number of hydrogen-bond acceptors (Lipinski definition) is 9. The van der Waals surface area contributed by atoms with Gasteiger partial charge in [0.2, 0.25) is 12.1 Å². The standard InChI is InChI=1S/C17H26O9/c1-10(18)23-14-13-15(3)7-12(24-14)26-17(13,25-11(2)19)6-5-16(15,20)8-22-9-21-4/h12-14,20H,5-9H2,1-4H3/t12-,13-,14-,15+,16-,17+/m1/s1. The van der Waals surface area contributed by atoms with Crippen LogP contribution in [0.5, 0.6) is 0 Å². The normalized spacial score (nSPS) is 43.8. The number of fused-ring (bicyclic) bond motifs is 1. The number of hydrogen-bond donors (Lipinski definition) is 1. The van der Waals surface area contributed by atoms with E-state index in [0.29, 0.717) is 6.42 Å². The largest absolute Gasteiger partial charge is 0.435 e. The quantitative estimate of drug-likeness (QED) is 0.408. The first kappa shape index (κ1) is 19.5. The first-order chi connectivity index (χ1) is 12.2. The smallest absolute Gasteiger partial charge is 0.305 e. The van der Waals surface area contributed by atoms with E-state index in [-0.39, 0.29) is 26.2 Å². The van der Waals surface area contributed by atoms with E-state index in [0.717, 1.165) is 0 Å². The minimum absolute atomic E-state index is 0.0313. The first-order valence-electron chi connectivity index (χ1n) is 8.65. The van der Waals surface area contributed by atoms with Crippen LogP contribution in [-0.2, 0) is 38.0 Å². The maximum Gasteiger partial charge on any atom is 0.305 e. The van der Waals surface area contributed by atoms with Crippen LogP contribution in [0.3, 0.4) is 0 Å². The summed E-state index contributed by atoms with van der Waals surface area (Å²) in [5.41, 5.74) is -2.07. The number of carbonyl (C=O) groups excluding carboxylic acids is 2. The van der Waals surface area contributed by atoms with Crippen LogP contribution in [0, 0.1) is 11.3 Å². The van der Waals surface area contributed by atoms with Crippen LogP contribution in [0.15, 0.2) is 0 Å². The van der Waals surface area contributed by atoms with Gasteiger partial charge in [-0.3, -0.25) is 9.59 Å². The van der Waals surface area contributed by atoms with Crippen molar-refractivity contribution in [3.8, 4) is 0 Å². The van der Waals surface area contributed by atoms with E-state index >= 15 is 0 Å². The van der Waals surface area contributed by atoms with Gasteiger partial charge in [0.25, 0.3) is 0 Å². The molecule has 9 heteroatoms. The Balaban J connectivity index is 1.98. The second-order valence-corrected chi connectivity index (χ2v) is 7.45. The number of aliphatic hydroxyl groups is 1. The lowest BCUT2D eigenvalue weighted by Gasteiger charge is -2.67. The third-order valence-electron chi connectivity index (χ3n) is 5.73. The summed E-state index contributed by atoms with van der Waals surface area (Å²) in [5, 5.41) is 11.4. The molecule has 3 saturated heterocycles. The Bertz CT molecular complexity index is 581. The van der Waals surface area contributed by atoms with Gasteiger partial charge in [-0.25, -0.2) is 0 Å². The molecule has 148 valence electrons. The molecule has 0 radical (unpaired) electrons. The lowest BCUT2D eigenvalue weighted by molar-refractivity contribution is -0.486. The molecule has 1 saturated carbocycles. The van der Waals surface area contributed by atoms with E-state index in [2.05, 4.69) is 0 Å². The van der Waals surface area contributed by atoms with Gasteiger partial charge in [0.05, 0.1) is 18.1 Å². The summed E-state index contributed by atoms with van der Waals surface area (Å²) in [6, 6.07) is 0. The number of rotatable bonds is 6. The zero-order valence-corrected chi connectivity index (χ0v) is 15.5. The van der Waals surface area contributed by atoms with E-state index in [1.54, 1.807) is 0 Å². The van der Waals surface area contributed by atoms with E-state index in [1.165, 1.54) is 21.0 Å². The van der Waals surface area contributed by atoms with E-state index < -0.39 is 47.2 Å². The van der Waals surface area contributed by atoms with Crippen molar-refractivity contribution in [3.63, 3.8) is 0 Å². The van der Waals surface area contributed by atoms with Gasteiger partial charge in [-0.2, -0.15) is 0 Å². The summed E-state index contributed by atoms with van der Waals surface area (Å²) in [6.07, 6.45) is -0.888. The molecule has 3 heterocycles. The average Bonchev–Trinajstić information content (AvgIpc) is 2.50. The van der Waals surface area contributed by atoms with Gasteiger partial charge in [0.1, 0.15) is 6.79 Å². The second-order valence-electron chi connectivity index (χ2n) is 7.45. The summed E-state index contributed by atoms with van der Waals surface area (Å²) in [5.74, 6) is -3.04. The van der Waals surface area contributed by atoms with Gasteiger partial charge in [-0.1, -0.05) is 6.92 Å². The summed E-state index contributed by atoms with van der Waals surface area (Å²) in [6.45, 7) is 4.50. The number of ether oxygens (including phenoxy) is 6. The minimum atomic E-state index is -1.31. The highest BCUT2D eigenvalue weighted by molar-refractivity contribution is 5.67. The fourth-order valence-corrected chi connectivity index (χ4v) is 4.64. The second kappa shape index (κ2) is 6.72. The van der Waals surface area contributed by atoms with Crippen LogP contribution in [0.25, 0.3) is 0 Å². The predicted molar refractivity (Wildman–Crippen MR) is 84.2 cm³/mol. The Kier molecular flexibility index (Phi) is 5.04. The van der Waals surface area contributed by atoms with Gasteiger partial charge in [0, 0.05) is 39.2 Å². The van der Waals surface area contributed by atoms with E-state index in [1.807, 2.05) is 6.92 Å². The Morgan fingerprint density at radius 2 is 1.96 bits per heavy atom. The van der Waals surface area contributed by atoms with Gasteiger partial charge in [0.15, 0.2) is 6.29 Å². The van der Waals surface area contributed by atoms with E-state index in [9.17, 15) is 14.7 Å². The third-order valence-corrected chi connectivity index (χ3v) is 5.73. The van der Waals surface area contributed by atoms with Crippen molar-refractivity contribution in [2.75, 3.05) is 20.5 Å². The van der Waals surface area contributed by atoms with Crippen molar-refractivity contribution < 1.29 is 43.1 Å². The van der Waals surface area contributed by atoms with Gasteiger partial charge < -0.3 is 33.5 Å². The molecule has 3 aliphatic heterocycles. The monoisotopic (exact) mass is 374 g/mol. The van der Waals surface area contributed by atoms with Gasteiger partial charge >= 0.3 is 11.9 Å². The molecule has 9 nitrogen and oxygen atoms in total. The Labute approximate surface area is 151 Å². The zero-order chi connectivity index (χ0) is 19.2. The van der Waals surface area contributed by atoms with Gasteiger partial charge in [-0.05, 0) is 6.42 Å². The van der Waals surface area contributed by atoms with E-state index in [4.69, 9.17) is 28.4 Å². The number of carbonyl (C=O) groups is 2. The molecule has 0 aromatic carbocycles. The van der Waals surface area contributed by atoms with Crippen LogP contribution in [0.4, 0.5) is 0 Å². The van der Waals surface area contributed by atoms with Crippen molar-refractivity contribution in [1.82, 2.24) is 0 Å². The van der Waals surface area contributed by atoms with Crippen LogP contribution in [-0.4, -0.2) is 61.5 Å². The fourth-order valence-electron chi connectivity index (χ4n) is 4.64. The Morgan fingerprint density at radius 1 is 1.23 bits per heavy atom. The zero-order valence-electron chi connectivity index (χ0n) is 15.5. The van der Waals surface area contributed by atoms with Crippen LogP contribution in [0.1, 0.15) is 40.0 Å². The summed E-state index contributed by atoms with van der Waals surface area (Å²) in [4.78, 5) is 23.3. The average molecular weight is 374 g/mol. The van der Waals surface area contributed by atoms with Crippen LogP contribution >= 0.6 is 0 Å². The van der Waals surface area contributed by atoms with Crippen LogP contribution < -0.4 is 0 Å². The topological polar surface area (TPSA) is 110 Å². The fraction of sp³-hybridized carbons (Fsp3) is 0.882. The molecule has 0 unspecified atom stereocenters. The van der Waals surface area contributed by atoms with Crippen molar-refractivity contribution in [2.45, 2.75) is 64.0 Å². The molecule has 4 aliphatic rings. The molecular formula is C17H26O9. The van der Waals surface area contributed by atoms with Gasteiger partial charge in [-0.15, -0.1) is 0 Å². The molecule has 6 atom stereocenters. The highest BCUT2D eigenvalue weighted by Crippen LogP contribution is 2.64. The Morgan fingerprint density at radius 3 is 2.58 bits per heavy atom. The van der Waals surface area contributed by atoms with Crippen LogP contribution in [0.2, 0.25) is 0 Å². The Hall–Kier alpha value is -1.26. The lowest BCUT2D eigenvalue weighted by atomic mass is 9.52. The number of esters is 2. The molecule has 4 fully saturated rings. The number of methoxy groups -OCH3 is 1. The summed E-state index contributed by atoms with van der Waals surface area (Å²) < 4.78 is 32.9. The third kappa shape index (κ3) is 3.01. The highest BCUT2D eigenvalue weighted by atomic mass is 16.8. The molecular weight excluding hydrogens is 348 g/mol. The first-order valence-corrected chi connectivity index (χ1v) is 8.65. The van der Waals surface area contributed by atoms with Crippen molar-refractivity contribution in [3.05, 3.63) is 0 Å². The van der Waals surface area contributed by atoms with Crippen molar-refractivity contribution in [1.29, 1.82) is 0 Å². The molecule has 0 amide bonds. The van der Waals surface area contributed by atoms with Crippen molar-refractivity contribution in [2.24, 2.45) is 11.3 Å². The predicted octanol–water partition coefficient (Wildman–Crippen LogP) is 0.679. The maximum absolute atomic E-state index is 11.7. The highest BCUT2D eigenvalue weighted by Gasteiger charge is 2.74. The maximum atomic E-state index is 11.7.